The number of halogens is 1. The number of ether oxygens (including phenoxy) is 1. The molecule has 2 rings (SSSR count). The molecule has 1 N–H and O–H groups in total. The van der Waals surface area contributed by atoms with Crippen LogP contribution >= 0.6 is 9.24 Å². The van der Waals surface area contributed by atoms with Crippen LogP contribution in [0.2, 0.25) is 0 Å². The molecule has 1 aromatic rings. The fraction of sp³-hybridized carbons (Fsp3) is 0.333. The van der Waals surface area contributed by atoms with E-state index in [0.717, 1.165) is 0 Å². The van der Waals surface area contributed by atoms with Crippen LogP contribution in [0.3, 0.4) is 0 Å². The van der Waals surface area contributed by atoms with Crippen LogP contribution in [0.25, 0.3) is 0 Å². The van der Waals surface area contributed by atoms with Crippen molar-refractivity contribution in [3.63, 3.8) is 0 Å². The fourth-order valence-electron chi connectivity index (χ4n) is 1.80. The first kappa shape index (κ1) is 13.7. The lowest BCUT2D eigenvalue weighted by Gasteiger charge is -2.13. The van der Waals surface area contributed by atoms with Gasteiger partial charge in [0.05, 0.1) is 13.1 Å². The van der Waals surface area contributed by atoms with Gasteiger partial charge in [-0.15, -0.1) is 9.24 Å². The lowest BCUT2D eigenvalue weighted by Crippen LogP contribution is -2.33. The zero-order valence-corrected chi connectivity index (χ0v) is 11.5. The van der Waals surface area contributed by atoms with Crippen LogP contribution in [0.4, 0.5) is 14.9 Å². The van der Waals surface area contributed by atoms with Crippen LogP contribution in [0.15, 0.2) is 18.2 Å². The molecule has 0 radical (unpaired) electrons. The first-order chi connectivity index (χ1) is 8.97. The average molecular weight is 284 g/mol. The molecule has 2 atom stereocenters. The summed E-state index contributed by atoms with van der Waals surface area (Å²) in [5, 5.41) is 2.98. The normalized spacial score (nSPS) is 18.4. The van der Waals surface area contributed by atoms with Crippen molar-refractivity contribution in [2.45, 2.75) is 13.0 Å². The van der Waals surface area contributed by atoms with Crippen LogP contribution in [-0.2, 0) is 9.53 Å². The Kier molecular flexibility index (Phi) is 4.00. The highest BCUT2D eigenvalue weighted by atomic mass is 31.0. The Morgan fingerprint density at radius 3 is 3.00 bits per heavy atom. The summed E-state index contributed by atoms with van der Waals surface area (Å²) in [5.41, 5.74) is 0.571. The number of nitrogens with one attached hydrogen (secondary N) is 1. The largest absolute Gasteiger partial charge is 0.442 e. The maximum absolute atomic E-state index is 13.2. The topological polar surface area (TPSA) is 58.6 Å². The molecule has 0 spiro atoms. The summed E-state index contributed by atoms with van der Waals surface area (Å²) in [6, 6.07) is 4.37. The molecule has 5 nitrogen and oxygen atoms in total. The predicted octanol–water partition coefficient (Wildman–Crippen LogP) is 0.787. The number of amides is 2. The molecule has 0 saturated carbocycles. The van der Waals surface area contributed by atoms with Gasteiger partial charge in [-0.3, -0.25) is 9.69 Å². The lowest BCUT2D eigenvalue weighted by molar-refractivity contribution is -0.119. The van der Waals surface area contributed by atoms with E-state index in [1.54, 1.807) is 6.07 Å². The standard InChI is InChI=1S/C12H14FN2O3P/c1-7(16)14-5-9-6-15(12(17)18-9)8-2-3-10(13)11(19)4-8/h2-4,9H,5-6,19H2,1H3,(H,14,16). The van der Waals surface area contributed by atoms with Gasteiger partial charge in [-0.25, -0.2) is 9.18 Å². The minimum Gasteiger partial charge on any atom is -0.442 e. The van der Waals surface area contributed by atoms with Gasteiger partial charge in [0.15, 0.2) is 0 Å². The summed E-state index contributed by atoms with van der Waals surface area (Å²) >= 11 is 0. The SMILES string of the molecule is CC(=O)NCC1CN(c2ccc(F)c(P)c2)C(=O)O1. The monoisotopic (exact) mass is 284 g/mol. The van der Waals surface area contributed by atoms with Gasteiger partial charge in [0.1, 0.15) is 11.9 Å². The second kappa shape index (κ2) is 5.53. The van der Waals surface area contributed by atoms with E-state index in [9.17, 15) is 14.0 Å². The first-order valence-corrected chi connectivity index (χ1v) is 6.32. The maximum Gasteiger partial charge on any atom is 0.414 e. The van der Waals surface area contributed by atoms with Crippen molar-refractivity contribution in [2.24, 2.45) is 0 Å². The second-order valence-electron chi connectivity index (χ2n) is 4.26. The van der Waals surface area contributed by atoms with Crippen LogP contribution in [0, 0.1) is 5.82 Å². The van der Waals surface area contributed by atoms with Crippen LogP contribution in [0.5, 0.6) is 0 Å². The fourth-order valence-corrected chi connectivity index (χ4v) is 2.06. The third kappa shape index (κ3) is 3.20. The van der Waals surface area contributed by atoms with Crippen LogP contribution in [-0.4, -0.2) is 31.2 Å². The molecule has 0 bridgehead atoms. The van der Waals surface area contributed by atoms with Gasteiger partial charge < -0.3 is 10.1 Å². The van der Waals surface area contributed by atoms with Gasteiger partial charge in [-0.05, 0) is 18.2 Å². The Morgan fingerprint density at radius 1 is 1.63 bits per heavy atom. The summed E-state index contributed by atoms with van der Waals surface area (Å²) in [6.07, 6.45) is -0.888. The molecule has 1 aliphatic rings. The van der Waals surface area contributed by atoms with E-state index >= 15 is 0 Å². The van der Waals surface area contributed by atoms with E-state index in [2.05, 4.69) is 14.6 Å². The van der Waals surface area contributed by atoms with Crippen LogP contribution in [0.1, 0.15) is 6.92 Å². The van der Waals surface area contributed by atoms with Crippen molar-refractivity contribution in [1.29, 1.82) is 0 Å². The van der Waals surface area contributed by atoms with Crippen molar-refractivity contribution in [3.8, 4) is 0 Å². The molecule has 1 fully saturated rings. The quantitative estimate of drug-likeness (QED) is 0.835. The third-order valence-electron chi connectivity index (χ3n) is 2.74. The summed E-state index contributed by atoms with van der Waals surface area (Å²) in [7, 11) is 2.27. The summed E-state index contributed by atoms with van der Waals surface area (Å²) in [4.78, 5) is 23.9. The summed E-state index contributed by atoms with van der Waals surface area (Å²) in [6.45, 7) is 2.00. The molecule has 7 heteroatoms. The van der Waals surface area contributed by atoms with Crippen molar-refractivity contribution < 1.29 is 18.7 Å². The number of hydrogen-bond donors (Lipinski definition) is 1. The minimum absolute atomic E-state index is 0.177. The van der Waals surface area contributed by atoms with E-state index in [1.807, 2.05) is 0 Å². The van der Waals surface area contributed by atoms with Crippen molar-refractivity contribution in [1.82, 2.24) is 5.32 Å². The molecule has 1 heterocycles. The van der Waals surface area contributed by atoms with Crippen molar-refractivity contribution in [3.05, 3.63) is 24.0 Å². The molecule has 2 unspecified atom stereocenters. The molecule has 0 aromatic heterocycles. The number of benzene rings is 1. The molecule has 0 aliphatic carbocycles. The number of nitrogens with zero attached hydrogens (tertiary/aromatic N) is 1. The number of rotatable bonds is 3. The summed E-state index contributed by atoms with van der Waals surface area (Å²) in [5.74, 6) is -0.528. The van der Waals surface area contributed by atoms with E-state index < -0.39 is 12.2 Å². The molecule has 19 heavy (non-hydrogen) atoms. The number of carbonyl (C=O) groups is 2. The van der Waals surface area contributed by atoms with Crippen LogP contribution < -0.4 is 15.5 Å². The molecule has 1 saturated heterocycles. The zero-order chi connectivity index (χ0) is 14.0. The Morgan fingerprint density at radius 2 is 2.37 bits per heavy atom. The molecule has 1 aliphatic heterocycles. The molecule has 102 valence electrons. The highest BCUT2D eigenvalue weighted by molar-refractivity contribution is 7.27. The van der Waals surface area contributed by atoms with Gasteiger partial charge in [-0.1, -0.05) is 0 Å². The van der Waals surface area contributed by atoms with Crippen molar-refractivity contribution in [2.75, 3.05) is 18.0 Å². The summed E-state index contributed by atoms with van der Waals surface area (Å²) < 4.78 is 18.3. The van der Waals surface area contributed by atoms with E-state index in [0.29, 0.717) is 17.5 Å². The number of hydrogen-bond acceptors (Lipinski definition) is 3. The van der Waals surface area contributed by atoms with Gasteiger partial charge in [0.25, 0.3) is 0 Å². The maximum atomic E-state index is 13.2. The Hall–Kier alpha value is -1.68. The zero-order valence-electron chi connectivity index (χ0n) is 10.4. The number of anilines is 1. The smallest absolute Gasteiger partial charge is 0.414 e. The highest BCUT2D eigenvalue weighted by Crippen LogP contribution is 2.21. The molecule has 1 aromatic carbocycles. The Labute approximate surface area is 112 Å². The molecule has 2 amide bonds. The van der Waals surface area contributed by atoms with E-state index in [1.165, 1.54) is 24.0 Å². The number of carbonyl (C=O) groups excluding carboxylic acids is 2. The van der Waals surface area contributed by atoms with E-state index in [4.69, 9.17) is 4.74 Å². The molecular formula is C12H14FN2O3P. The molecular weight excluding hydrogens is 270 g/mol. The Bertz CT molecular complexity index is 524. The average Bonchev–Trinajstić information content (AvgIpc) is 2.72. The van der Waals surface area contributed by atoms with Gasteiger partial charge in [0, 0.05) is 17.9 Å². The van der Waals surface area contributed by atoms with E-state index in [-0.39, 0.29) is 18.3 Å². The highest BCUT2D eigenvalue weighted by Gasteiger charge is 2.32. The first-order valence-electron chi connectivity index (χ1n) is 5.75. The lowest BCUT2D eigenvalue weighted by atomic mass is 10.2. The van der Waals surface area contributed by atoms with Crippen molar-refractivity contribution >= 4 is 32.2 Å². The Balaban J connectivity index is 2.07. The third-order valence-corrected chi connectivity index (χ3v) is 3.19. The van der Waals surface area contributed by atoms with Gasteiger partial charge >= 0.3 is 6.09 Å². The predicted molar refractivity (Wildman–Crippen MR) is 72.0 cm³/mol. The van der Waals surface area contributed by atoms with Gasteiger partial charge in [-0.2, -0.15) is 0 Å². The minimum atomic E-state index is -0.494. The number of cyclic esters (lactones) is 1. The second-order valence-corrected chi connectivity index (χ2v) is 4.88. The van der Waals surface area contributed by atoms with Gasteiger partial charge in [0.2, 0.25) is 5.91 Å².